The summed E-state index contributed by atoms with van der Waals surface area (Å²) < 4.78 is 11.7. The quantitative estimate of drug-likeness (QED) is 0.554. The molecule has 0 saturated heterocycles. The second-order valence-electron chi connectivity index (χ2n) is 8.21. The topological polar surface area (TPSA) is 59.8 Å². The van der Waals surface area contributed by atoms with Crippen LogP contribution < -0.4 is 5.43 Å². The number of carbonyl (C=O) groups excluding carboxylic acids is 1. The molecule has 0 N–H and O–H groups in total. The summed E-state index contributed by atoms with van der Waals surface area (Å²) >= 11 is 0. The molecule has 0 aliphatic carbocycles. The van der Waals surface area contributed by atoms with Gasteiger partial charge in [-0.1, -0.05) is 36.4 Å². The molecule has 3 aromatic rings. The minimum absolute atomic E-state index is 0.119. The summed E-state index contributed by atoms with van der Waals surface area (Å²) in [5, 5.41) is 0.554. The Labute approximate surface area is 176 Å². The van der Waals surface area contributed by atoms with E-state index in [1.165, 1.54) is 0 Å². The Balaban J connectivity index is 1.84. The second kappa shape index (κ2) is 8.07. The highest BCUT2D eigenvalue weighted by Crippen LogP contribution is 2.38. The smallest absolute Gasteiger partial charge is 0.290 e. The predicted molar refractivity (Wildman–Crippen MR) is 117 cm³/mol. The van der Waals surface area contributed by atoms with Gasteiger partial charge in [0.15, 0.2) is 5.43 Å². The number of hydrogen-bond donors (Lipinski definition) is 0. The third kappa shape index (κ3) is 3.54. The van der Waals surface area contributed by atoms with Gasteiger partial charge in [-0.3, -0.25) is 9.59 Å². The molecule has 1 aliphatic rings. The molecule has 5 heteroatoms. The Bertz CT molecular complexity index is 1150. The van der Waals surface area contributed by atoms with Crippen LogP contribution in [-0.2, 0) is 4.74 Å². The second-order valence-corrected chi connectivity index (χ2v) is 8.21. The molecule has 0 spiro atoms. The average Bonchev–Trinajstić information content (AvgIpc) is 2.97. The zero-order chi connectivity index (χ0) is 21.4. The van der Waals surface area contributed by atoms with Crippen molar-refractivity contribution in [1.29, 1.82) is 0 Å². The molecule has 0 saturated carbocycles. The lowest BCUT2D eigenvalue weighted by molar-refractivity contribution is 0.0593. The highest BCUT2D eigenvalue weighted by molar-refractivity contribution is 5.99. The lowest BCUT2D eigenvalue weighted by Crippen LogP contribution is -2.31. The van der Waals surface area contributed by atoms with Crippen molar-refractivity contribution in [3.63, 3.8) is 0 Å². The third-order valence-electron chi connectivity index (χ3n) is 5.52. The summed E-state index contributed by atoms with van der Waals surface area (Å²) in [7, 11) is 0. The number of ether oxygens (including phenoxy) is 1. The lowest BCUT2D eigenvalue weighted by Gasteiger charge is -2.25. The molecule has 5 nitrogen and oxygen atoms in total. The molecule has 2 aromatic carbocycles. The molecule has 1 unspecified atom stereocenters. The van der Waals surface area contributed by atoms with Crippen molar-refractivity contribution in [2.24, 2.45) is 0 Å². The van der Waals surface area contributed by atoms with Crippen LogP contribution in [-0.4, -0.2) is 30.1 Å². The van der Waals surface area contributed by atoms with E-state index >= 15 is 0 Å². The van der Waals surface area contributed by atoms with Gasteiger partial charge in [-0.25, -0.2) is 0 Å². The van der Waals surface area contributed by atoms with Crippen molar-refractivity contribution >= 4 is 16.9 Å². The molecule has 1 aliphatic heterocycles. The maximum atomic E-state index is 13.6. The Hall–Kier alpha value is -2.92. The van der Waals surface area contributed by atoms with Crippen LogP contribution in [0, 0.1) is 13.8 Å². The number of carbonyl (C=O) groups is 1. The van der Waals surface area contributed by atoms with Gasteiger partial charge in [-0.15, -0.1) is 0 Å². The molecule has 4 rings (SSSR count). The number of amides is 1. The van der Waals surface area contributed by atoms with E-state index in [0.29, 0.717) is 36.1 Å². The van der Waals surface area contributed by atoms with Crippen LogP contribution in [0.4, 0.5) is 0 Å². The highest BCUT2D eigenvalue weighted by atomic mass is 16.5. The van der Waals surface area contributed by atoms with E-state index in [4.69, 9.17) is 9.15 Å². The predicted octanol–water partition coefficient (Wildman–Crippen LogP) is 4.77. The van der Waals surface area contributed by atoms with Gasteiger partial charge in [0.05, 0.1) is 23.1 Å². The molecule has 0 radical (unpaired) electrons. The van der Waals surface area contributed by atoms with Crippen LogP contribution in [0.15, 0.2) is 51.7 Å². The number of hydrogen-bond acceptors (Lipinski definition) is 4. The Kier molecular flexibility index (Phi) is 5.48. The first kappa shape index (κ1) is 20.4. The zero-order valence-corrected chi connectivity index (χ0v) is 17.9. The molecule has 0 fully saturated rings. The monoisotopic (exact) mass is 405 g/mol. The summed E-state index contributed by atoms with van der Waals surface area (Å²) in [6.07, 6.45) is 0.828. The largest absolute Gasteiger partial charge is 0.450 e. The van der Waals surface area contributed by atoms with Crippen LogP contribution in [0.3, 0.4) is 0 Å². The van der Waals surface area contributed by atoms with E-state index in [9.17, 15) is 9.59 Å². The number of aryl methyl sites for hydroxylation is 2. The zero-order valence-electron chi connectivity index (χ0n) is 17.9. The summed E-state index contributed by atoms with van der Waals surface area (Å²) in [5.74, 6) is -0.0716. The standard InChI is InChI=1S/C25H27NO4/c1-15(2)29-12-8-11-26-22(18-9-6-5-7-10-18)21-23(27)20-17(4)13-16(3)14-19(20)30-24(21)25(26)28/h5-7,9-10,13-15,22H,8,11-12H2,1-4H3. The molecule has 1 amide bonds. The first-order valence-electron chi connectivity index (χ1n) is 10.4. The van der Waals surface area contributed by atoms with E-state index < -0.39 is 6.04 Å². The molecule has 1 aromatic heterocycles. The first-order valence-corrected chi connectivity index (χ1v) is 10.4. The fourth-order valence-corrected chi connectivity index (χ4v) is 4.28. The van der Waals surface area contributed by atoms with E-state index in [2.05, 4.69) is 0 Å². The summed E-state index contributed by atoms with van der Waals surface area (Å²) in [4.78, 5) is 28.7. The molecular weight excluding hydrogens is 378 g/mol. The van der Waals surface area contributed by atoms with Crippen molar-refractivity contribution < 1.29 is 13.9 Å². The summed E-state index contributed by atoms with van der Waals surface area (Å²) in [6, 6.07) is 13.0. The molecular formula is C25H27NO4. The van der Waals surface area contributed by atoms with Crippen molar-refractivity contribution in [2.45, 2.75) is 46.3 Å². The van der Waals surface area contributed by atoms with Gasteiger partial charge in [0.2, 0.25) is 5.76 Å². The summed E-state index contributed by atoms with van der Waals surface area (Å²) in [5.41, 5.74) is 3.56. The van der Waals surface area contributed by atoms with E-state index in [0.717, 1.165) is 16.7 Å². The number of benzene rings is 2. The fourth-order valence-electron chi connectivity index (χ4n) is 4.28. The minimum atomic E-state index is -0.450. The van der Waals surface area contributed by atoms with Crippen LogP contribution in [0.5, 0.6) is 0 Å². The van der Waals surface area contributed by atoms with Crippen LogP contribution in [0.1, 0.15) is 59.1 Å². The molecule has 156 valence electrons. The Morgan fingerprint density at radius 3 is 2.53 bits per heavy atom. The van der Waals surface area contributed by atoms with E-state index in [-0.39, 0.29) is 23.2 Å². The Morgan fingerprint density at radius 2 is 1.83 bits per heavy atom. The highest BCUT2D eigenvalue weighted by Gasteiger charge is 2.42. The molecule has 1 atom stereocenters. The van der Waals surface area contributed by atoms with E-state index in [1.54, 1.807) is 4.90 Å². The maximum Gasteiger partial charge on any atom is 0.290 e. The van der Waals surface area contributed by atoms with Gasteiger partial charge in [0.1, 0.15) is 5.58 Å². The van der Waals surface area contributed by atoms with Crippen LogP contribution >= 0.6 is 0 Å². The molecule has 30 heavy (non-hydrogen) atoms. The minimum Gasteiger partial charge on any atom is -0.450 e. The van der Waals surface area contributed by atoms with Crippen LogP contribution in [0.25, 0.3) is 11.0 Å². The van der Waals surface area contributed by atoms with E-state index in [1.807, 2.05) is 70.2 Å². The summed E-state index contributed by atoms with van der Waals surface area (Å²) in [6.45, 7) is 8.89. The van der Waals surface area contributed by atoms with Gasteiger partial charge >= 0.3 is 0 Å². The van der Waals surface area contributed by atoms with Gasteiger partial charge < -0.3 is 14.1 Å². The molecule has 0 bridgehead atoms. The van der Waals surface area contributed by atoms with Crippen molar-refractivity contribution in [2.75, 3.05) is 13.2 Å². The van der Waals surface area contributed by atoms with Crippen LogP contribution in [0.2, 0.25) is 0 Å². The third-order valence-corrected chi connectivity index (χ3v) is 5.52. The number of rotatable bonds is 6. The number of nitrogens with zero attached hydrogens (tertiary/aromatic N) is 1. The van der Waals surface area contributed by atoms with Gasteiger partial charge in [-0.05, 0) is 56.9 Å². The van der Waals surface area contributed by atoms with Crippen molar-refractivity contribution in [3.05, 3.63) is 80.7 Å². The molecule has 2 heterocycles. The van der Waals surface area contributed by atoms with Gasteiger partial charge in [0, 0.05) is 13.2 Å². The lowest BCUT2D eigenvalue weighted by atomic mass is 9.97. The van der Waals surface area contributed by atoms with Gasteiger partial charge in [0.25, 0.3) is 5.91 Å². The number of fused-ring (bicyclic) bond motifs is 2. The Morgan fingerprint density at radius 1 is 1.10 bits per heavy atom. The van der Waals surface area contributed by atoms with Crippen molar-refractivity contribution in [1.82, 2.24) is 4.90 Å². The van der Waals surface area contributed by atoms with Crippen molar-refractivity contribution in [3.8, 4) is 0 Å². The SMILES string of the molecule is Cc1cc(C)c2c(=O)c3c(oc2c1)C(=O)N(CCCOC(C)C)C3c1ccccc1. The fraction of sp³-hybridized carbons (Fsp3) is 0.360. The maximum absolute atomic E-state index is 13.6. The normalized spacial score (nSPS) is 16.0. The average molecular weight is 405 g/mol. The van der Waals surface area contributed by atoms with Gasteiger partial charge in [-0.2, -0.15) is 0 Å². The first-order chi connectivity index (χ1) is 14.4.